The largest absolute Gasteiger partial charge is 0.350 e. The first kappa shape index (κ1) is 19.1. The molecular weight excluding hydrogens is 360 g/mol. The highest BCUT2D eigenvalue weighted by Crippen LogP contribution is 2.13. The van der Waals surface area contributed by atoms with Crippen LogP contribution in [0.5, 0.6) is 0 Å². The molecule has 7 heteroatoms. The molecule has 25 heavy (non-hydrogen) atoms. The third-order valence-electron chi connectivity index (χ3n) is 3.45. The molecule has 0 aliphatic heterocycles. The molecule has 0 saturated heterocycles. The molecule has 2 rings (SSSR count). The van der Waals surface area contributed by atoms with Gasteiger partial charge in [-0.05, 0) is 35.6 Å². The minimum Gasteiger partial charge on any atom is -0.350 e. The van der Waals surface area contributed by atoms with E-state index in [4.69, 9.17) is 11.6 Å². The lowest BCUT2D eigenvalue weighted by atomic mass is 10.1. The number of rotatable bonds is 9. The van der Waals surface area contributed by atoms with E-state index in [1.54, 1.807) is 18.2 Å². The van der Waals surface area contributed by atoms with Gasteiger partial charge in [0.1, 0.15) is 0 Å². The van der Waals surface area contributed by atoms with Crippen molar-refractivity contribution >= 4 is 40.5 Å². The van der Waals surface area contributed by atoms with Crippen LogP contribution in [0.1, 0.15) is 34.5 Å². The Kier molecular flexibility index (Phi) is 7.63. The van der Waals surface area contributed by atoms with Gasteiger partial charge in [-0.1, -0.05) is 29.8 Å². The predicted octanol–water partition coefficient (Wildman–Crippen LogP) is 3.19. The number of nitrogens with one attached hydrogen (secondary N) is 2. The lowest BCUT2D eigenvalue weighted by Gasteiger charge is -2.07. The number of hydrogen-bond donors (Lipinski definition) is 2. The topological polar surface area (TPSA) is 75.3 Å². The molecule has 0 atom stereocenters. The number of Topliss-reactive ketones (excluding diaryl/α,β-unsaturated/α-hetero) is 1. The lowest BCUT2D eigenvalue weighted by molar-refractivity contribution is -0.126. The maximum Gasteiger partial charge on any atom is 0.239 e. The van der Waals surface area contributed by atoms with E-state index in [-0.39, 0.29) is 30.6 Å². The Hall–Kier alpha value is -2.18. The molecule has 0 fully saturated rings. The summed E-state index contributed by atoms with van der Waals surface area (Å²) in [4.78, 5) is 35.9. The van der Waals surface area contributed by atoms with Crippen LogP contribution in [-0.4, -0.2) is 24.1 Å². The summed E-state index contributed by atoms with van der Waals surface area (Å²) in [7, 11) is 0. The van der Waals surface area contributed by atoms with Gasteiger partial charge < -0.3 is 10.6 Å². The highest BCUT2D eigenvalue weighted by molar-refractivity contribution is 7.12. The molecule has 0 spiro atoms. The van der Waals surface area contributed by atoms with Crippen molar-refractivity contribution in [1.82, 2.24) is 10.6 Å². The Bertz CT molecular complexity index is 714. The van der Waals surface area contributed by atoms with Crippen LogP contribution in [0.2, 0.25) is 5.02 Å². The van der Waals surface area contributed by atoms with E-state index < -0.39 is 0 Å². The van der Waals surface area contributed by atoms with Crippen LogP contribution < -0.4 is 10.6 Å². The van der Waals surface area contributed by atoms with E-state index in [1.807, 2.05) is 23.6 Å². The van der Waals surface area contributed by atoms with Crippen LogP contribution in [0.15, 0.2) is 41.8 Å². The molecule has 2 N–H and O–H groups in total. The minimum atomic E-state index is -0.266. The molecule has 0 unspecified atom stereocenters. The van der Waals surface area contributed by atoms with Crippen LogP contribution in [0.3, 0.4) is 0 Å². The molecule has 0 bridgehead atoms. The zero-order chi connectivity index (χ0) is 18.1. The SMILES string of the molecule is O=C(CCCC(=O)c1cccs1)NCC(=O)NCc1ccc(Cl)cc1. The Morgan fingerprint density at radius 1 is 0.960 bits per heavy atom. The number of thiophene rings is 1. The van der Waals surface area contributed by atoms with Crippen molar-refractivity contribution in [2.24, 2.45) is 0 Å². The van der Waals surface area contributed by atoms with Crippen LogP contribution in [0.25, 0.3) is 0 Å². The highest BCUT2D eigenvalue weighted by atomic mass is 35.5. The van der Waals surface area contributed by atoms with Crippen molar-refractivity contribution in [3.8, 4) is 0 Å². The summed E-state index contributed by atoms with van der Waals surface area (Å²) in [6.45, 7) is 0.298. The molecule has 0 saturated carbocycles. The molecule has 2 aromatic rings. The summed E-state index contributed by atoms with van der Waals surface area (Å²) in [5, 5.41) is 7.76. The van der Waals surface area contributed by atoms with Crippen molar-refractivity contribution in [3.05, 3.63) is 57.2 Å². The van der Waals surface area contributed by atoms with Gasteiger partial charge in [-0.15, -0.1) is 11.3 Å². The van der Waals surface area contributed by atoms with Crippen LogP contribution in [-0.2, 0) is 16.1 Å². The number of benzene rings is 1. The fourth-order valence-electron chi connectivity index (χ4n) is 2.10. The second-order valence-electron chi connectivity index (χ2n) is 5.43. The van der Waals surface area contributed by atoms with Gasteiger partial charge in [0.2, 0.25) is 11.8 Å². The number of halogens is 1. The van der Waals surface area contributed by atoms with Gasteiger partial charge in [0.15, 0.2) is 5.78 Å². The molecule has 0 aliphatic rings. The number of carbonyl (C=O) groups excluding carboxylic acids is 3. The second-order valence-corrected chi connectivity index (χ2v) is 6.82. The van der Waals surface area contributed by atoms with Crippen LogP contribution in [0, 0.1) is 0 Å². The van der Waals surface area contributed by atoms with Crippen molar-refractivity contribution in [1.29, 1.82) is 0 Å². The van der Waals surface area contributed by atoms with E-state index in [1.165, 1.54) is 11.3 Å². The molecule has 5 nitrogen and oxygen atoms in total. The average molecular weight is 379 g/mol. The first-order chi connectivity index (χ1) is 12.0. The highest BCUT2D eigenvalue weighted by Gasteiger charge is 2.09. The molecule has 2 amide bonds. The van der Waals surface area contributed by atoms with Crippen LogP contribution >= 0.6 is 22.9 Å². The van der Waals surface area contributed by atoms with Gasteiger partial charge in [-0.3, -0.25) is 14.4 Å². The summed E-state index contributed by atoms with van der Waals surface area (Å²) in [6, 6.07) is 10.8. The van der Waals surface area contributed by atoms with E-state index in [2.05, 4.69) is 10.6 Å². The van der Waals surface area contributed by atoms with Gasteiger partial charge in [-0.2, -0.15) is 0 Å². The first-order valence-electron chi connectivity index (χ1n) is 7.89. The Morgan fingerprint density at radius 2 is 1.72 bits per heavy atom. The van der Waals surface area contributed by atoms with Gasteiger partial charge in [0.05, 0.1) is 11.4 Å². The number of hydrogen-bond acceptors (Lipinski definition) is 4. The average Bonchev–Trinajstić information content (AvgIpc) is 3.14. The quantitative estimate of drug-likeness (QED) is 0.658. The Morgan fingerprint density at radius 3 is 2.40 bits per heavy atom. The Balaban J connectivity index is 1.58. The molecule has 132 valence electrons. The van der Waals surface area contributed by atoms with Crippen molar-refractivity contribution in [2.75, 3.05) is 6.54 Å². The van der Waals surface area contributed by atoms with Gasteiger partial charge in [0, 0.05) is 24.4 Å². The number of amides is 2. The van der Waals surface area contributed by atoms with E-state index in [0.717, 1.165) is 5.56 Å². The standard InChI is InChI=1S/C18H19ClN2O3S/c19-14-8-6-13(7-9-14)11-20-18(24)12-21-17(23)5-1-3-15(22)16-4-2-10-25-16/h2,4,6-10H,1,3,5,11-12H2,(H,20,24)(H,21,23). The molecule has 1 aromatic heterocycles. The van der Waals surface area contributed by atoms with Gasteiger partial charge in [-0.25, -0.2) is 0 Å². The summed E-state index contributed by atoms with van der Waals surface area (Å²) in [6.07, 6.45) is 1.02. The smallest absolute Gasteiger partial charge is 0.239 e. The third kappa shape index (κ3) is 7.07. The Labute approximate surface area is 155 Å². The summed E-state index contributed by atoms with van der Waals surface area (Å²) in [5.41, 5.74) is 0.927. The molecule has 1 heterocycles. The van der Waals surface area contributed by atoms with E-state index >= 15 is 0 Å². The van der Waals surface area contributed by atoms with Crippen molar-refractivity contribution in [3.63, 3.8) is 0 Å². The molecule has 1 aromatic carbocycles. The zero-order valence-electron chi connectivity index (χ0n) is 13.6. The number of ketones is 1. The molecular formula is C18H19ClN2O3S. The van der Waals surface area contributed by atoms with Gasteiger partial charge in [0.25, 0.3) is 0 Å². The predicted molar refractivity (Wildman–Crippen MR) is 98.8 cm³/mol. The monoisotopic (exact) mass is 378 g/mol. The lowest BCUT2D eigenvalue weighted by Crippen LogP contribution is -2.36. The second kappa shape index (κ2) is 9.96. The van der Waals surface area contributed by atoms with E-state index in [9.17, 15) is 14.4 Å². The molecule has 0 radical (unpaired) electrons. The van der Waals surface area contributed by atoms with Gasteiger partial charge >= 0.3 is 0 Å². The summed E-state index contributed by atoms with van der Waals surface area (Å²) in [5.74, 6) is -0.456. The maximum absolute atomic E-state index is 11.8. The normalized spacial score (nSPS) is 10.3. The molecule has 0 aliphatic carbocycles. The summed E-state index contributed by atoms with van der Waals surface area (Å²) < 4.78 is 0. The zero-order valence-corrected chi connectivity index (χ0v) is 15.2. The summed E-state index contributed by atoms with van der Waals surface area (Å²) >= 11 is 7.19. The van der Waals surface area contributed by atoms with Crippen LogP contribution in [0.4, 0.5) is 0 Å². The van der Waals surface area contributed by atoms with Crippen molar-refractivity contribution in [2.45, 2.75) is 25.8 Å². The van der Waals surface area contributed by atoms with Crippen molar-refractivity contribution < 1.29 is 14.4 Å². The first-order valence-corrected chi connectivity index (χ1v) is 9.15. The maximum atomic E-state index is 11.8. The number of carbonyl (C=O) groups is 3. The van der Waals surface area contributed by atoms with E-state index in [0.29, 0.717) is 29.3 Å². The fourth-order valence-corrected chi connectivity index (χ4v) is 2.92. The minimum absolute atomic E-state index is 0.0449. The third-order valence-corrected chi connectivity index (χ3v) is 4.62. The fraction of sp³-hybridized carbons (Fsp3) is 0.278.